The number of isothiocyanates is 2. The fourth-order valence-electron chi connectivity index (χ4n) is 6.23. The van der Waals surface area contributed by atoms with E-state index in [2.05, 4.69) is 34.4 Å². The molecule has 53 heavy (non-hydrogen) atoms. The molecule has 0 saturated carbocycles. The molecule has 4 amide bonds. The Hall–Kier alpha value is -5.68. The van der Waals surface area contributed by atoms with Crippen LogP contribution in [0.1, 0.15) is 54.3 Å². The number of hydrogen-bond donors (Lipinski definition) is 0. The second-order valence-electron chi connectivity index (χ2n) is 11.4. The molecule has 4 aromatic carbocycles. The van der Waals surface area contributed by atoms with Crippen LogP contribution in [0.25, 0.3) is 32.4 Å². The SMILES string of the molecule is O=C1c2cccc3cccc(c23)C(=O)N1CCCn1ccnc1.O=C1c2cccc3cccc(c23)C(=O)N1CCCn1ccnc1.[N-]=C=S.[N-]=C=S.[Zn+2]. The van der Waals surface area contributed by atoms with Crippen molar-refractivity contribution >= 4 is 79.9 Å². The zero-order valence-corrected chi connectivity index (χ0v) is 33.0. The van der Waals surface area contributed by atoms with Gasteiger partial charge in [-0.3, -0.25) is 29.0 Å². The van der Waals surface area contributed by atoms with Crippen LogP contribution in [0.15, 0.2) is 110 Å². The van der Waals surface area contributed by atoms with Crippen molar-refractivity contribution < 1.29 is 38.7 Å². The van der Waals surface area contributed by atoms with Crippen LogP contribution in [0.3, 0.4) is 0 Å². The van der Waals surface area contributed by atoms with Gasteiger partial charge < -0.3 is 20.0 Å². The molecular weight excluding hydrogens is 762 g/mol. The minimum absolute atomic E-state index is 0. The van der Waals surface area contributed by atoms with Crippen LogP contribution in [0.4, 0.5) is 0 Å². The summed E-state index contributed by atoms with van der Waals surface area (Å²) in [7, 11) is 0. The summed E-state index contributed by atoms with van der Waals surface area (Å²) in [6.07, 6.45) is 12.0. The largest absolute Gasteiger partial charge is 2.00 e. The van der Waals surface area contributed by atoms with Gasteiger partial charge >= 0.3 is 19.5 Å². The molecule has 8 rings (SSSR count). The predicted molar refractivity (Wildman–Crippen MR) is 204 cm³/mol. The maximum absolute atomic E-state index is 12.7. The van der Waals surface area contributed by atoms with Crippen LogP contribution in [0, 0.1) is 0 Å². The summed E-state index contributed by atoms with van der Waals surface area (Å²) in [5.74, 6) is -0.815. The molecule has 0 aliphatic carbocycles. The van der Waals surface area contributed by atoms with Gasteiger partial charge in [-0.15, -0.1) is 0 Å². The van der Waals surface area contributed by atoms with Crippen LogP contribution >= 0.6 is 24.4 Å². The number of amides is 4. The van der Waals surface area contributed by atoms with E-state index in [1.54, 1.807) is 49.3 Å². The number of benzene rings is 4. The summed E-state index contributed by atoms with van der Waals surface area (Å²) in [6, 6.07) is 22.3. The Morgan fingerprint density at radius 1 is 0.528 bits per heavy atom. The molecular formula is C38H30N8O4S2Zn. The number of rotatable bonds is 8. The van der Waals surface area contributed by atoms with E-state index in [-0.39, 0.29) is 43.1 Å². The second-order valence-corrected chi connectivity index (χ2v) is 11.8. The van der Waals surface area contributed by atoms with Crippen molar-refractivity contribution in [1.82, 2.24) is 28.9 Å². The van der Waals surface area contributed by atoms with E-state index in [0.717, 1.165) is 34.6 Å². The molecule has 0 N–H and O–H groups in total. The van der Waals surface area contributed by atoms with Gasteiger partial charge in [0.2, 0.25) is 0 Å². The Bertz CT molecular complexity index is 2050. The molecule has 15 heteroatoms. The molecule has 6 aromatic rings. The third-order valence-corrected chi connectivity index (χ3v) is 8.43. The quantitative estimate of drug-likeness (QED) is 0.0709. The molecule has 0 radical (unpaired) electrons. The van der Waals surface area contributed by atoms with Gasteiger partial charge in [0.25, 0.3) is 23.6 Å². The van der Waals surface area contributed by atoms with Gasteiger partial charge in [0.05, 0.1) is 12.7 Å². The Kier molecular flexibility index (Phi) is 14.6. The van der Waals surface area contributed by atoms with E-state index in [1.165, 1.54) is 20.1 Å². The first-order chi connectivity index (χ1) is 25.3. The van der Waals surface area contributed by atoms with Crippen LogP contribution in [0.2, 0.25) is 0 Å². The minimum Gasteiger partial charge on any atom is -0.753 e. The topological polar surface area (TPSA) is 155 Å². The molecule has 4 heterocycles. The number of nitrogens with zero attached hydrogens (tertiary/aromatic N) is 8. The van der Waals surface area contributed by atoms with Gasteiger partial charge in [0, 0.05) is 84.0 Å². The van der Waals surface area contributed by atoms with E-state index in [9.17, 15) is 19.2 Å². The van der Waals surface area contributed by atoms with Crippen LogP contribution in [-0.2, 0) is 32.6 Å². The van der Waals surface area contributed by atoms with Crippen molar-refractivity contribution in [2.75, 3.05) is 13.1 Å². The third-order valence-electron chi connectivity index (χ3n) is 8.43. The minimum atomic E-state index is -0.204. The smallest absolute Gasteiger partial charge is 0.753 e. The summed E-state index contributed by atoms with van der Waals surface area (Å²) < 4.78 is 3.88. The van der Waals surface area contributed by atoms with Gasteiger partial charge in [0.1, 0.15) is 0 Å². The van der Waals surface area contributed by atoms with E-state index < -0.39 is 0 Å². The fraction of sp³-hybridized carbons (Fsp3) is 0.158. The Labute approximate surface area is 328 Å². The van der Waals surface area contributed by atoms with E-state index in [4.69, 9.17) is 10.8 Å². The van der Waals surface area contributed by atoms with Crippen molar-refractivity contribution in [1.29, 1.82) is 0 Å². The van der Waals surface area contributed by atoms with Crippen LogP contribution < -0.4 is 0 Å². The molecule has 0 unspecified atom stereocenters. The molecule has 0 saturated heterocycles. The predicted octanol–water partition coefficient (Wildman–Crippen LogP) is 6.76. The van der Waals surface area contributed by atoms with Crippen molar-refractivity contribution in [3.63, 3.8) is 0 Å². The second kappa shape index (κ2) is 19.2. The van der Waals surface area contributed by atoms with Gasteiger partial charge in [-0.2, -0.15) is 10.3 Å². The number of imidazole rings is 2. The zero-order valence-electron chi connectivity index (χ0n) is 28.4. The van der Waals surface area contributed by atoms with Gasteiger partial charge in [-0.1, -0.05) is 73.0 Å². The Morgan fingerprint density at radius 3 is 1.09 bits per heavy atom. The van der Waals surface area contributed by atoms with Crippen LogP contribution in [0.5, 0.6) is 0 Å². The van der Waals surface area contributed by atoms with Crippen molar-refractivity contribution in [3.8, 4) is 0 Å². The number of carbonyl (C=O) groups is 4. The normalized spacial score (nSPS) is 12.3. The summed E-state index contributed by atoms with van der Waals surface area (Å²) in [5.41, 5.74) is 2.45. The third kappa shape index (κ3) is 9.04. The van der Waals surface area contributed by atoms with Crippen molar-refractivity contribution in [2.45, 2.75) is 25.9 Å². The molecule has 2 aliphatic rings. The molecule has 12 nitrogen and oxygen atoms in total. The molecule has 0 spiro atoms. The summed E-state index contributed by atoms with van der Waals surface area (Å²) in [4.78, 5) is 61.5. The number of imide groups is 2. The zero-order chi connectivity index (χ0) is 37.0. The summed E-state index contributed by atoms with van der Waals surface area (Å²) >= 11 is 7.40. The first-order valence-electron chi connectivity index (χ1n) is 16.0. The molecule has 0 bridgehead atoms. The van der Waals surface area contributed by atoms with Crippen molar-refractivity contribution in [2.24, 2.45) is 0 Å². The van der Waals surface area contributed by atoms with E-state index >= 15 is 0 Å². The molecule has 2 aromatic heterocycles. The number of carbonyl (C=O) groups excluding carboxylic acids is 4. The summed E-state index contributed by atoms with van der Waals surface area (Å²) in [5, 5.41) is 20.3. The Morgan fingerprint density at radius 2 is 0.830 bits per heavy atom. The number of hydrogen-bond acceptors (Lipinski definition) is 8. The monoisotopic (exact) mass is 790 g/mol. The van der Waals surface area contributed by atoms with Gasteiger partial charge in [-0.05, 0) is 47.9 Å². The molecule has 0 atom stereocenters. The van der Waals surface area contributed by atoms with Gasteiger partial charge in [-0.25, -0.2) is 9.97 Å². The van der Waals surface area contributed by atoms with Crippen LogP contribution in [-0.4, -0.2) is 75.9 Å². The average Bonchev–Trinajstić information content (AvgIpc) is 3.88. The van der Waals surface area contributed by atoms with Crippen molar-refractivity contribution in [3.05, 3.63) is 143 Å². The number of thiocarbonyl (C=S) groups is 2. The molecule has 260 valence electrons. The molecule has 0 fully saturated rings. The maximum Gasteiger partial charge on any atom is 2.00 e. The summed E-state index contributed by atoms with van der Waals surface area (Å²) in [6.45, 7) is 2.26. The number of aryl methyl sites for hydroxylation is 2. The standard InChI is InChI=1S/2C18H15N3O2.2CNS.Zn/c2*22-17-14-6-1-4-13-5-2-7-15(16(13)14)18(23)21(17)10-3-9-20-11-8-19-12-20;2*2-1-3;/h2*1-2,4-8,11-12H,3,9-10H2;;;/q;;2*-1;+2. The van der Waals surface area contributed by atoms with E-state index in [1.807, 2.05) is 70.1 Å². The van der Waals surface area contributed by atoms with E-state index in [0.29, 0.717) is 48.2 Å². The number of aromatic nitrogens is 4. The Balaban J connectivity index is 0.000000203. The first-order valence-corrected chi connectivity index (χ1v) is 16.9. The maximum atomic E-state index is 12.7. The first kappa shape index (κ1) is 40.1. The average molecular weight is 792 g/mol. The molecule has 2 aliphatic heterocycles. The fourth-order valence-corrected chi connectivity index (χ4v) is 6.23. The van der Waals surface area contributed by atoms with Gasteiger partial charge in [0.15, 0.2) is 0 Å².